The summed E-state index contributed by atoms with van der Waals surface area (Å²) in [6.45, 7) is 2.34. The minimum absolute atomic E-state index is 0.134. The van der Waals surface area contributed by atoms with E-state index in [2.05, 4.69) is 16.7 Å². The summed E-state index contributed by atoms with van der Waals surface area (Å²) in [6.07, 6.45) is 9.73. The molecule has 118 valence electrons. The van der Waals surface area contributed by atoms with Gasteiger partial charge in [-0.15, -0.1) is 0 Å². The van der Waals surface area contributed by atoms with Crippen LogP contribution in [0.1, 0.15) is 51.9 Å². The molecule has 21 heavy (non-hydrogen) atoms. The third kappa shape index (κ3) is 5.16. The van der Waals surface area contributed by atoms with Crippen LogP contribution in [0.3, 0.4) is 0 Å². The van der Waals surface area contributed by atoms with Crippen molar-refractivity contribution >= 4 is 11.8 Å². The van der Waals surface area contributed by atoms with Crippen LogP contribution in [-0.2, 0) is 9.59 Å². The molecule has 2 rings (SSSR count). The molecule has 0 aromatic rings. The molecule has 3 N–H and O–H groups in total. The van der Waals surface area contributed by atoms with Gasteiger partial charge >= 0.3 is 11.8 Å². The van der Waals surface area contributed by atoms with Crippen molar-refractivity contribution in [3.63, 3.8) is 0 Å². The second-order valence-electron chi connectivity index (χ2n) is 6.43. The van der Waals surface area contributed by atoms with E-state index in [4.69, 9.17) is 0 Å². The van der Waals surface area contributed by atoms with E-state index in [9.17, 15) is 14.7 Å². The Kier molecular flexibility index (Phi) is 5.39. The van der Waals surface area contributed by atoms with Crippen LogP contribution in [0.2, 0.25) is 0 Å². The van der Waals surface area contributed by atoms with Crippen LogP contribution in [-0.4, -0.2) is 35.6 Å². The average Bonchev–Trinajstić information content (AvgIpc) is 3.31. The molecule has 0 radical (unpaired) electrons. The summed E-state index contributed by atoms with van der Waals surface area (Å²) in [7, 11) is 0. The van der Waals surface area contributed by atoms with Crippen molar-refractivity contribution in [2.24, 2.45) is 5.92 Å². The van der Waals surface area contributed by atoms with Gasteiger partial charge in [0.05, 0.1) is 5.60 Å². The summed E-state index contributed by atoms with van der Waals surface area (Å²) < 4.78 is 0. The van der Waals surface area contributed by atoms with Crippen molar-refractivity contribution in [3.05, 3.63) is 11.6 Å². The van der Waals surface area contributed by atoms with Gasteiger partial charge in [-0.3, -0.25) is 9.59 Å². The van der Waals surface area contributed by atoms with Gasteiger partial charge in [0.25, 0.3) is 0 Å². The fourth-order valence-electron chi connectivity index (χ4n) is 2.74. The molecule has 0 heterocycles. The molecule has 0 spiro atoms. The highest BCUT2D eigenvalue weighted by Gasteiger charge is 2.40. The van der Waals surface area contributed by atoms with Gasteiger partial charge in [-0.1, -0.05) is 11.6 Å². The molecule has 0 aromatic carbocycles. The van der Waals surface area contributed by atoms with Crippen LogP contribution in [0.4, 0.5) is 0 Å². The van der Waals surface area contributed by atoms with Gasteiger partial charge in [0.15, 0.2) is 0 Å². The number of aliphatic hydroxyl groups is 1. The van der Waals surface area contributed by atoms with Crippen LogP contribution in [0.15, 0.2) is 11.6 Å². The minimum Gasteiger partial charge on any atom is -0.388 e. The Morgan fingerprint density at radius 1 is 1.29 bits per heavy atom. The lowest BCUT2D eigenvalue weighted by Gasteiger charge is -2.23. The molecule has 0 saturated heterocycles. The highest BCUT2D eigenvalue weighted by Crippen LogP contribution is 2.38. The van der Waals surface area contributed by atoms with Crippen LogP contribution in [0.5, 0.6) is 0 Å². The van der Waals surface area contributed by atoms with E-state index in [1.807, 2.05) is 0 Å². The molecule has 0 aromatic heterocycles. The first-order valence-electron chi connectivity index (χ1n) is 7.95. The minimum atomic E-state index is -0.900. The largest absolute Gasteiger partial charge is 0.388 e. The summed E-state index contributed by atoms with van der Waals surface area (Å²) in [5.74, 6) is -1.02. The molecular formula is C16H26N2O3. The average molecular weight is 294 g/mol. The van der Waals surface area contributed by atoms with Gasteiger partial charge in [-0.25, -0.2) is 0 Å². The Morgan fingerprint density at radius 3 is 2.62 bits per heavy atom. The van der Waals surface area contributed by atoms with Crippen molar-refractivity contribution < 1.29 is 14.7 Å². The third-order valence-corrected chi connectivity index (χ3v) is 4.39. The van der Waals surface area contributed by atoms with Gasteiger partial charge in [0, 0.05) is 13.1 Å². The standard InChI is InChI=1S/C16H26N2O3/c1-16(21,13-7-8-13)11-18-15(20)14(19)17-10-9-12-5-3-2-4-6-12/h5,13,21H,2-4,6-11H2,1H3,(H,17,19)(H,18,20)/t16-/m1/s1. The zero-order valence-electron chi connectivity index (χ0n) is 12.8. The van der Waals surface area contributed by atoms with Crippen molar-refractivity contribution in [1.82, 2.24) is 10.6 Å². The van der Waals surface area contributed by atoms with Gasteiger partial charge in [0.1, 0.15) is 0 Å². The molecular weight excluding hydrogens is 268 g/mol. The maximum atomic E-state index is 11.7. The SMILES string of the molecule is C[C@@](O)(CNC(=O)C(=O)NCCC1=CCCCC1)C1CC1. The first-order chi connectivity index (χ1) is 9.99. The zero-order valence-corrected chi connectivity index (χ0v) is 12.8. The lowest BCUT2D eigenvalue weighted by molar-refractivity contribution is -0.139. The third-order valence-electron chi connectivity index (χ3n) is 4.39. The summed E-state index contributed by atoms with van der Waals surface area (Å²) in [5, 5.41) is 15.2. The molecule has 5 heteroatoms. The highest BCUT2D eigenvalue weighted by atomic mass is 16.3. The molecule has 1 atom stereocenters. The molecule has 0 aliphatic heterocycles. The highest BCUT2D eigenvalue weighted by molar-refractivity contribution is 6.35. The van der Waals surface area contributed by atoms with Gasteiger partial charge < -0.3 is 15.7 Å². The van der Waals surface area contributed by atoms with E-state index < -0.39 is 17.4 Å². The number of amides is 2. The van der Waals surface area contributed by atoms with E-state index in [1.165, 1.54) is 18.4 Å². The Morgan fingerprint density at radius 2 is 2.00 bits per heavy atom. The number of carbonyl (C=O) groups is 2. The summed E-state index contributed by atoms with van der Waals surface area (Å²) in [4.78, 5) is 23.3. The molecule has 5 nitrogen and oxygen atoms in total. The fourth-order valence-corrected chi connectivity index (χ4v) is 2.74. The summed E-state index contributed by atoms with van der Waals surface area (Å²) >= 11 is 0. The molecule has 2 aliphatic rings. The predicted octanol–water partition coefficient (Wildman–Crippen LogP) is 1.27. The molecule has 0 bridgehead atoms. The maximum absolute atomic E-state index is 11.7. The Labute approximate surface area is 126 Å². The van der Waals surface area contributed by atoms with E-state index >= 15 is 0 Å². The smallest absolute Gasteiger partial charge is 0.309 e. The predicted molar refractivity (Wildman–Crippen MR) is 80.5 cm³/mol. The second kappa shape index (κ2) is 7.07. The number of nitrogens with one attached hydrogen (secondary N) is 2. The molecule has 2 aliphatic carbocycles. The van der Waals surface area contributed by atoms with Crippen molar-refractivity contribution in [2.45, 2.75) is 57.5 Å². The Bertz CT molecular complexity index is 425. The Balaban J connectivity index is 1.63. The van der Waals surface area contributed by atoms with E-state index in [1.54, 1.807) is 6.92 Å². The first kappa shape index (κ1) is 16.0. The Hall–Kier alpha value is -1.36. The summed E-state index contributed by atoms with van der Waals surface area (Å²) in [5.41, 5.74) is 0.474. The molecule has 1 fully saturated rings. The van der Waals surface area contributed by atoms with Gasteiger partial charge in [-0.2, -0.15) is 0 Å². The second-order valence-corrected chi connectivity index (χ2v) is 6.43. The molecule has 2 amide bonds. The number of allylic oxidation sites excluding steroid dienone is 1. The van der Waals surface area contributed by atoms with Crippen molar-refractivity contribution in [1.29, 1.82) is 0 Å². The van der Waals surface area contributed by atoms with Gasteiger partial charge in [-0.05, 0) is 57.8 Å². The first-order valence-corrected chi connectivity index (χ1v) is 7.95. The number of hydrogen-bond acceptors (Lipinski definition) is 3. The number of hydrogen-bond donors (Lipinski definition) is 3. The monoisotopic (exact) mass is 294 g/mol. The molecule has 0 unspecified atom stereocenters. The number of carbonyl (C=O) groups excluding carboxylic acids is 2. The van der Waals surface area contributed by atoms with E-state index in [-0.39, 0.29) is 12.5 Å². The van der Waals surface area contributed by atoms with Crippen LogP contribution >= 0.6 is 0 Å². The van der Waals surface area contributed by atoms with E-state index in [0.29, 0.717) is 6.54 Å². The van der Waals surface area contributed by atoms with Crippen LogP contribution in [0, 0.1) is 5.92 Å². The quantitative estimate of drug-likeness (QED) is 0.510. The zero-order chi connectivity index (χ0) is 15.3. The topological polar surface area (TPSA) is 78.4 Å². The van der Waals surface area contributed by atoms with E-state index in [0.717, 1.165) is 32.1 Å². The van der Waals surface area contributed by atoms with Crippen molar-refractivity contribution in [2.75, 3.05) is 13.1 Å². The lowest BCUT2D eigenvalue weighted by atomic mass is 9.97. The number of rotatable bonds is 6. The van der Waals surface area contributed by atoms with Crippen LogP contribution in [0.25, 0.3) is 0 Å². The fraction of sp³-hybridized carbons (Fsp3) is 0.750. The maximum Gasteiger partial charge on any atom is 0.309 e. The molecule has 1 saturated carbocycles. The van der Waals surface area contributed by atoms with Crippen LogP contribution < -0.4 is 10.6 Å². The lowest BCUT2D eigenvalue weighted by Crippen LogP contribution is -2.47. The normalized spacial score (nSPS) is 21.1. The van der Waals surface area contributed by atoms with Crippen molar-refractivity contribution in [3.8, 4) is 0 Å². The van der Waals surface area contributed by atoms with Gasteiger partial charge in [0.2, 0.25) is 0 Å². The summed E-state index contributed by atoms with van der Waals surface area (Å²) in [6, 6.07) is 0.